The minimum atomic E-state index is -0.559. The number of methoxy groups -OCH3 is 1. The summed E-state index contributed by atoms with van der Waals surface area (Å²) in [6.45, 7) is 2.14. The number of halogens is 1. The van der Waals surface area contributed by atoms with Crippen molar-refractivity contribution in [2.75, 3.05) is 26.1 Å². The van der Waals surface area contributed by atoms with Crippen molar-refractivity contribution in [2.24, 2.45) is 11.8 Å². The molecule has 1 N–H and O–H groups in total. The van der Waals surface area contributed by atoms with E-state index >= 15 is 0 Å². The molecule has 4 rings (SSSR count). The van der Waals surface area contributed by atoms with E-state index in [0.29, 0.717) is 11.8 Å². The van der Waals surface area contributed by atoms with Crippen molar-refractivity contribution in [2.45, 2.75) is 23.8 Å². The Hall–Kier alpha value is -1.92. The molecule has 1 aliphatic heterocycles. The summed E-state index contributed by atoms with van der Waals surface area (Å²) in [6, 6.07) is 12.4. The zero-order valence-corrected chi connectivity index (χ0v) is 16.1. The van der Waals surface area contributed by atoms with Crippen molar-refractivity contribution in [3.05, 3.63) is 48.3 Å². The molecular formula is C21H24FNO3S. The molecule has 1 aliphatic carbocycles. The third kappa shape index (κ3) is 4.33. The lowest BCUT2D eigenvalue weighted by Crippen LogP contribution is -2.24. The van der Waals surface area contributed by atoms with Gasteiger partial charge < -0.3 is 14.6 Å². The number of benzene rings is 2. The summed E-state index contributed by atoms with van der Waals surface area (Å²) in [4.78, 5) is 3.29. The quantitative estimate of drug-likeness (QED) is 0.743. The van der Waals surface area contributed by atoms with Crippen LogP contribution in [0.1, 0.15) is 12.8 Å². The summed E-state index contributed by atoms with van der Waals surface area (Å²) in [6.07, 6.45) is 2.46. The van der Waals surface area contributed by atoms with Gasteiger partial charge in [0.05, 0.1) is 13.2 Å². The highest BCUT2D eigenvalue weighted by molar-refractivity contribution is 7.99. The van der Waals surface area contributed by atoms with E-state index in [1.54, 1.807) is 24.9 Å². The van der Waals surface area contributed by atoms with E-state index in [-0.39, 0.29) is 11.9 Å². The highest BCUT2D eigenvalue weighted by Gasteiger charge is 2.41. The lowest BCUT2D eigenvalue weighted by molar-refractivity contribution is 0.189. The molecule has 6 heteroatoms. The molecule has 1 saturated carbocycles. The number of ether oxygens (including phenoxy) is 2. The molecule has 0 aromatic heterocycles. The van der Waals surface area contributed by atoms with E-state index in [2.05, 4.69) is 4.90 Å². The van der Waals surface area contributed by atoms with Crippen LogP contribution in [0.5, 0.6) is 17.2 Å². The molecule has 27 heavy (non-hydrogen) atoms. The summed E-state index contributed by atoms with van der Waals surface area (Å²) in [5, 5.41) is 9.28. The van der Waals surface area contributed by atoms with Gasteiger partial charge in [0, 0.05) is 23.9 Å². The van der Waals surface area contributed by atoms with Crippen molar-refractivity contribution < 1.29 is 19.0 Å². The second-order valence-electron chi connectivity index (χ2n) is 7.33. The number of phenolic OH excluding ortho intramolecular Hbond substituents is 1. The lowest BCUT2D eigenvalue weighted by atomic mass is 10.0. The van der Waals surface area contributed by atoms with Gasteiger partial charge in [-0.15, -0.1) is 11.8 Å². The van der Waals surface area contributed by atoms with Gasteiger partial charge in [-0.3, -0.25) is 4.90 Å². The third-order valence-electron chi connectivity index (χ3n) is 5.48. The highest BCUT2D eigenvalue weighted by Crippen LogP contribution is 2.40. The Morgan fingerprint density at radius 3 is 2.37 bits per heavy atom. The molecule has 2 aliphatic rings. The predicted octanol–water partition coefficient (Wildman–Crippen LogP) is 4.38. The second kappa shape index (κ2) is 7.98. The Labute approximate surface area is 163 Å². The monoisotopic (exact) mass is 389 g/mol. The Kier molecular flexibility index (Phi) is 5.45. The SMILES string of the molecule is COc1ccc(OC2C[C@@H]3CN(CSc4ccc(O)c(F)c4)C[C@@H]3C2)cc1. The standard InChI is InChI=1S/C21H24FNO3S/c1-25-16-2-4-17(5-3-16)26-18-8-14-11-23(12-15(14)9-18)13-27-19-6-7-21(24)20(22)10-19/h2-7,10,14-15,18,24H,8-9,11-13H2,1H3/t14-,15+,18?. The molecule has 2 aromatic carbocycles. The number of hydrogen-bond acceptors (Lipinski definition) is 5. The van der Waals surface area contributed by atoms with Gasteiger partial charge in [0.1, 0.15) is 11.5 Å². The summed E-state index contributed by atoms with van der Waals surface area (Å²) >= 11 is 1.62. The number of thioether (sulfide) groups is 1. The topological polar surface area (TPSA) is 41.9 Å². The van der Waals surface area contributed by atoms with Gasteiger partial charge in [0.25, 0.3) is 0 Å². The largest absolute Gasteiger partial charge is 0.505 e. The molecule has 4 nitrogen and oxygen atoms in total. The van der Waals surface area contributed by atoms with Crippen LogP contribution in [0.2, 0.25) is 0 Å². The van der Waals surface area contributed by atoms with Gasteiger partial charge in [-0.1, -0.05) is 0 Å². The van der Waals surface area contributed by atoms with Gasteiger partial charge >= 0.3 is 0 Å². The summed E-state index contributed by atoms with van der Waals surface area (Å²) in [7, 11) is 1.66. The average molecular weight is 389 g/mol. The van der Waals surface area contributed by atoms with Gasteiger partial charge in [0.15, 0.2) is 11.6 Å². The Balaban J connectivity index is 1.24. The first-order valence-corrected chi connectivity index (χ1v) is 10.2. The number of aromatic hydroxyl groups is 1. The fourth-order valence-corrected chi connectivity index (χ4v) is 5.03. The maximum atomic E-state index is 13.4. The maximum absolute atomic E-state index is 13.4. The van der Waals surface area contributed by atoms with Crippen molar-refractivity contribution in [3.8, 4) is 17.2 Å². The first-order chi connectivity index (χ1) is 13.1. The molecule has 1 heterocycles. The molecule has 2 fully saturated rings. The van der Waals surface area contributed by atoms with Crippen LogP contribution >= 0.6 is 11.8 Å². The number of fused-ring (bicyclic) bond motifs is 1. The van der Waals surface area contributed by atoms with E-state index in [0.717, 1.165) is 48.2 Å². The minimum absolute atomic E-state index is 0.286. The van der Waals surface area contributed by atoms with Crippen LogP contribution in [0, 0.1) is 17.7 Å². The molecule has 2 aromatic rings. The zero-order valence-electron chi connectivity index (χ0n) is 15.3. The summed E-state index contributed by atoms with van der Waals surface area (Å²) in [5.41, 5.74) is 0. The average Bonchev–Trinajstić information content (AvgIpc) is 3.21. The van der Waals surface area contributed by atoms with Crippen LogP contribution < -0.4 is 9.47 Å². The van der Waals surface area contributed by atoms with Crippen LogP contribution in [0.3, 0.4) is 0 Å². The van der Waals surface area contributed by atoms with Crippen LogP contribution in [0.25, 0.3) is 0 Å². The molecule has 144 valence electrons. The number of nitrogens with zero attached hydrogens (tertiary/aromatic N) is 1. The van der Waals surface area contributed by atoms with Gasteiger partial charge in [-0.2, -0.15) is 0 Å². The molecule has 1 unspecified atom stereocenters. The van der Waals surface area contributed by atoms with Crippen molar-refractivity contribution >= 4 is 11.8 Å². The second-order valence-corrected chi connectivity index (χ2v) is 8.35. The minimum Gasteiger partial charge on any atom is -0.505 e. The summed E-state index contributed by atoms with van der Waals surface area (Å²) < 4.78 is 24.8. The first kappa shape index (κ1) is 18.4. The smallest absolute Gasteiger partial charge is 0.165 e. The lowest BCUT2D eigenvalue weighted by Gasteiger charge is -2.19. The van der Waals surface area contributed by atoms with E-state index < -0.39 is 5.82 Å². The first-order valence-electron chi connectivity index (χ1n) is 9.25. The molecule has 3 atom stereocenters. The molecule has 0 radical (unpaired) electrons. The van der Waals surface area contributed by atoms with E-state index in [4.69, 9.17) is 9.47 Å². The van der Waals surface area contributed by atoms with Crippen LogP contribution in [0.15, 0.2) is 47.4 Å². The van der Waals surface area contributed by atoms with Crippen LogP contribution in [0.4, 0.5) is 4.39 Å². The summed E-state index contributed by atoms with van der Waals surface area (Å²) in [5.74, 6) is 3.08. The molecular weight excluding hydrogens is 365 g/mol. The molecule has 0 amide bonds. The Bertz CT molecular complexity index is 771. The predicted molar refractivity (Wildman–Crippen MR) is 104 cm³/mol. The third-order valence-corrected chi connectivity index (χ3v) is 6.56. The van der Waals surface area contributed by atoms with Crippen LogP contribution in [-0.2, 0) is 0 Å². The van der Waals surface area contributed by atoms with Gasteiger partial charge in [0.2, 0.25) is 0 Å². The maximum Gasteiger partial charge on any atom is 0.165 e. The molecule has 0 spiro atoms. The van der Waals surface area contributed by atoms with Crippen molar-refractivity contribution in [1.29, 1.82) is 0 Å². The van der Waals surface area contributed by atoms with Gasteiger partial charge in [-0.25, -0.2) is 4.39 Å². The number of rotatable bonds is 6. The van der Waals surface area contributed by atoms with Crippen LogP contribution in [-0.4, -0.2) is 42.2 Å². The zero-order chi connectivity index (χ0) is 18.8. The number of phenols is 1. The molecule has 0 bridgehead atoms. The number of likely N-dealkylation sites (tertiary alicyclic amines) is 1. The number of hydrogen-bond donors (Lipinski definition) is 1. The van der Waals surface area contributed by atoms with Crippen molar-refractivity contribution in [3.63, 3.8) is 0 Å². The fourth-order valence-electron chi connectivity index (χ4n) is 4.13. The fraction of sp³-hybridized carbons (Fsp3) is 0.429. The highest BCUT2D eigenvalue weighted by atomic mass is 32.2. The Morgan fingerprint density at radius 2 is 1.74 bits per heavy atom. The normalized spacial score (nSPS) is 24.7. The van der Waals surface area contributed by atoms with E-state index in [1.165, 1.54) is 12.1 Å². The molecule has 1 saturated heterocycles. The Morgan fingerprint density at radius 1 is 1.07 bits per heavy atom. The van der Waals surface area contributed by atoms with Gasteiger partial charge in [-0.05, 0) is 67.1 Å². The van der Waals surface area contributed by atoms with E-state index in [1.807, 2.05) is 24.3 Å². The van der Waals surface area contributed by atoms with Crippen molar-refractivity contribution in [1.82, 2.24) is 4.90 Å². The van der Waals surface area contributed by atoms with E-state index in [9.17, 15) is 9.50 Å².